The second-order valence-corrected chi connectivity index (χ2v) is 7.28. The van der Waals surface area contributed by atoms with E-state index in [1.807, 2.05) is 0 Å². The van der Waals surface area contributed by atoms with Crippen molar-refractivity contribution >= 4 is 22.3 Å². The third-order valence-corrected chi connectivity index (χ3v) is 5.19. The van der Waals surface area contributed by atoms with E-state index in [0.717, 1.165) is 13.1 Å². The molecule has 0 fully saturated rings. The zero-order valence-electron chi connectivity index (χ0n) is 18.0. The Kier molecular flexibility index (Phi) is 6.59. The third kappa shape index (κ3) is 4.68. The Bertz CT molecular complexity index is 1130. The predicted molar refractivity (Wildman–Crippen MR) is 104 cm³/mol. The van der Waals surface area contributed by atoms with E-state index in [2.05, 4.69) is 15.0 Å². The predicted octanol–water partition coefficient (Wildman–Crippen LogP) is 6.73. The molecule has 0 amide bonds. The Labute approximate surface area is 178 Å². The van der Waals surface area contributed by atoms with Crippen LogP contribution in [0.4, 0.5) is 35.1 Å². The van der Waals surface area contributed by atoms with Crippen molar-refractivity contribution < 1.29 is 35.1 Å². The Morgan fingerprint density at radius 3 is 1.97 bits per heavy atom. The molecule has 0 saturated carbocycles. The van der Waals surface area contributed by atoms with Gasteiger partial charge in [0.25, 0.3) is 0 Å². The van der Waals surface area contributed by atoms with E-state index in [1.165, 1.54) is 18.5 Å². The first kappa shape index (κ1) is 25.5. The van der Waals surface area contributed by atoms with Crippen molar-refractivity contribution in [3.8, 4) is 0 Å². The molecule has 4 nitrogen and oxygen atoms in total. The average molecular weight is 468 g/mol. The SMILES string of the molecule is C\C(=N/C(C)=C(C)/C(C)=C(\C)c1nc2cc(C(F)(F)C(F)(F)F)ncc2n1C)C(F)(F)F. The first-order chi connectivity index (χ1) is 14.4. The summed E-state index contributed by atoms with van der Waals surface area (Å²) in [5, 5.41) is 0. The van der Waals surface area contributed by atoms with Crippen LogP contribution in [0.2, 0.25) is 0 Å². The van der Waals surface area contributed by atoms with Crippen molar-refractivity contribution in [3.63, 3.8) is 0 Å². The monoisotopic (exact) mass is 468 g/mol. The molecule has 2 rings (SSSR count). The summed E-state index contributed by atoms with van der Waals surface area (Å²) in [5.74, 6) is -4.92. The van der Waals surface area contributed by atoms with Crippen molar-refractivity contribution in [1.82, 2.24) is 14.5 Å². The van der Waals surface area contributed by atoms with Crippen molar-refractivity contribution in [3.05, 3.63) is 40.6 Å². The molecule has 0 bridgehead atoms. The number of nitrogens with zero attached hydrogens (tertiary/aromatic N) is 4. The van der Waals surface area contributed by atoms with Crippen LogP contribution in [-0.4, -0.2) is 32.6 Å². The molecule has 2 aromatic heterocycles. The number of alkyl halides is 8. The number of allylic oxidation sites excluding steroid dienone is 4. The standard InChI is InChI=1S/C20H20F8N4/c1-9(10(2)12(4)30-13(5)19(23,24)25)11(3)17-31-14-7-16(18(21,22)20(26,27)28)29-8-15(14)32(17)6/h7-8H,1-6H3/b11-9+,12-10+,30-13+. The number of aromatic nitrogens is 3. The lowest BCUT2D eigenvalue weighted by molar-refractivity contribution is -0.290. The van der Waals surface area contributed by atoms with E-state index in [4.69, 9.17) is 0 Å². The highest BCUT2D eigenvalue weighted by molar-refractivity contribution is 5.88. The Morgan fingerprint density at radius 1 is 0.906 bits per heavy atom. The summed E-state index contributed by atoms with van der Waals surface area (Å²) in [4.78, 5) is 11.0. The van der Waals surface area contributed by atoms with Gasteiger partial charge in [-0.1, -0.05) is 0 Å². The Balaban J connectivity index is 2.60. The number of imidazole rings is 1. The van der Waals surface area contributed by atoms with Gasteiger partial charge in [0, 0.05) is 12.7 Å². The largest absolute Gasteiger partial charge is 0.459 e. The van der Waals surface area contributed by atoms with Crippen LogP contribution < -0.4 is 0 Å². The molecule has 0 aliphatic carbocycles. The highest BCUT2D eigenvalue weighted by atomic mass is 19.4. The maximum atomic E-state index is 13.6. The number of fused-ring (bicyclic) bond motifs is 1. The molecular formula is C20H20F8N4. The smallest absolute Gasteiger partial charge is 0.326 e. The molecule has 0 aromatic carbocycles. The minimum atomic E-state index is -5.81. The van der Waals surface area contributed by atoms with Gasteiger partial charge in [-0.15, -0.1) is 0 Å². The fourth-order valence-electron chi connectivity index (χ4n) is 2.86. The lowest BCUT2D eigenvalue weighted by atomic mass is 10.0. The molecule has 2 heterocycles. The molecule has 0 atom stereocenters. The van der Waals surface area contributed by atoms with Gasteiger partial charge >= 0.3 is 18.3 Å². The molecule has 0 radical (unpaired) electrons. The lowest BCUT2D eigenvalue weighted by Crippen LogP contribution is -2.34. The van der Waals surface area contributed by atoms with Gasteiger partial charge in [-0.05, 0) is 57.4 Å². The highest BCUT2D eigenvalue weighted by Crippen LogP contribution is 2.43. The number of aryl methyl sites for hydroxylation is 1. The zero-order chi connectivity index (χ0) is 24.8. The highest BCUT2D eigenvalue weighted by Gasteiger charge is 2.60. The molecule has 12 heteroatoms. The van der Waals surface area contributed by atoms with Crippen LogP contribution >= 0.6 is 0 Å². The number of halogens is 8. The number of hydrogen-bond acceptors (Lipinski definition) is 3. The first-order valence-corrected chi connectivity index (χ1v) is 9.15. The first-order valence-electron chi connectivity index (χ1n) is 9.15. The van der Waals surface area contributed by atoms with Gasteiger partial charge in [0.2, 0.25) is 0 Å². The van der Waals surface area contributed by atoms with E-state index in [-0.39, 0.29) is 22.6 Å². The molecular weight excluding hydrogens is 448 g/mol. The summed E-state index contributed by atoms with van der Waals surface area (Å²) < 4.78 is 105. The Morgan fingerprint density at radius 2 is 1.47 bits per heavy atom. The zero-order valence-corrected chi connectivity index (χ0v) is 18.0. The molecule has 2 aromatic rings. The summed E-state index contributed by atoms with van der Waals surface area (Å²) in [6, 6.07) is 0.569. The van der Waals surface area contributed by atoms with E-state index >= 15 is 0 Å². The normalized spacial score (nSPS) is 15.8. The summed E-state index contributed by atoms with van der Waals surface area (Å²) >= 11 is 0. The van der Waals surface area contributed by atoms with Gasteiger partial charge in [0.15, 0.2) is 0 Å². The fraction of sp³-hybridized carbons (Fsp3) is 0.450. The number of aliphatic imine (C=N–C) groups is 1. The van der Waals surface area contributed by atoms with Crippen LogP contribution in [0.1, 0.15) is 46.1 Å². The van der Waals surface area contributed by atoms with Gasteiger partial charge in [-0.3, -0.25) is 9.98 Å². The fourth-order valence-corrected chi connectivity index (χ4v) is 2.86. The summed E-state index contributed by atoms with van der Waals surface area (Å²) in [5.41, 5.74) is -0.884. The van der Waals surface area contributed by atoms with Crippen LogP contribution in [-0.2, 0) is 13.0 Å². The van der Waals surface area contributed by atoms with Crippen LogP contribution in [0.3, 0.4) is 0 Å². The topological polar surface area (TPSA) is 43.1 Å². The van der Waals surface area contributed by atoms with Gasteiger partial charge in [0.1, 0.15) is 17.2 Å². The number of rotatable bonds is 4. The summed E-state index contributed by atoms with van der Waals surface area (Å²) in [6.45, 7) is 7.04. The van der Waals surface area contributed by atoms with Crippen molar-refractivity contribution in [2.24, 2.45) is 12.0 Å². The Hall–Kier alpha value is -2.79. The lowest BCUT2D eigenvalue weighted by Gasteiger charge is -2.18. The van der Waals surface area contributed by atoms with Gasteiger partial charge in [0.05, 0.1) is 17.2 Å². The van der Waals surface area contributed by atoms with E-state index in [9.17, 15) is 35.1 Å². The van der Waals surface area contributed by atoms with Gasteiger partial charge < -0.3 is 4.57 Å². The molecule has 0 N–H and O–H groups in total. The molecule has 176 valence electrons. The van der Waals surface area contributed by atoms with Gasteiger partial charge in [-0.2, -0.15) is 35.1 Å². The summed E-state index contributed by atoms with van der Waals surface area (Å²) in [7, 11) is 1.52. The second-order valence-electron chi connectivity index (χ2n) is 7.28. The molecule has 0 spiro atoms. The third-order valence-electron chi connectivity index (χ3n) is 5.19. The van der Waals surface area contributed by atoms with Crippen LogP contribution in [0, 0.1) is 0 Å². The molecule has 0 aliphatic rings. The van der Waals surface area contributed by atoms with E-state index in [1.54, 1.807) is 20.8 Å². The maximum Gasteiger partial charge on any atom is 0.459 e. The van der Waals surface area contributed by atoms with E-state index < -0.39 is 29.7 Å². The maximum absolute atomic E-state index is 13.6. The van der Waals surface area contributed by atoms with Crippen molar-refractivity contribution in [2.45, 2.75) is 52.9 Å². The molecule has 32 heavy (non-hydrogen) atoms. The minimum Gasteiger partial charge on any atom is -0.326 e. The number of hydrogen-bond donors (Lipinski definition) is 0. The summed E-state index contributed by atoms with van der Waals surface area (Å²) in [6.07, 6.45) is -9.52. The van der Waals surface area contributed by atoms with Crippen LogP contribution in [0.25, 0.3) is 16.6 Å². The average Bonchev–Trinajstić information content (AvgIpc) is 3.00. The second kappa shape index (κ2) is 8.28. The minimum absolute atomic E-state index is 0.115. The van der Waals surface area contributed by atoms with Crippen molar-refractivity contribution in [2.75, 3.05) is 0 Å². The molecule has 0 aliphatic heterocycles. The van der Waals surface area contributed by atoms with Crippen LogP contribution in [0.15, 0.2) is 34.1 Å². The van der Waals surface area contributed by atoms with Crippen LogP contribution in [0.5, 0.6) is 0 Å². The van der Waals surface area contributed by atoms with Gasteiger partial charge in [-0.25, -0.2) is 4.98 Å². The van der Waals surface area contributed by atoms with E-state index in [0.29, 0.717) is 22.8 Å². The quantitative estimate of drug-likeness (QED) is 0.284. The molecule has 0 saturated heterocycles. The number of pyridine rings is 1. The molecule has 0 unspecified atom stereocenters. The van der Waals surface area contributed by atoms with Crippen molar-refractivity contribution in [1.29, 1.82) is 0 Å².